The molecule has 0 unspecified atom stereocenters. The van der Waals surface area contributed by atoms with Crippen molar-refractivity contribution in [2.24, 2.45) is 0 Å². The van der Waals surface area contributed by atoms with Crippen LogP contribution in [-0.2, 0) is 0 Å². The van der Waals surface area contributed by atoms with Gasteiger partial charge in [-0.3, -0.25) is 0 Å². The Balaban J connectivity index is 1.91. The van der Waals surface area contributed by atoms with Crippen LogP contribution in [0.1, 0.15) is 24.5 Å². The SMILES string of the molecule is OCCNc1nc(Nc2c(F)cc(F)cc2F)cc(C2CC2)n1. The second-order valence-corrected chi connectivity index (χ2v) is 5.30. The van der Waals surface area contributed by atoms with E-state index in [0.29, 0.717) is 18.1 Å². The Kier molecular flexibility index (Phi) is 4.33. The second kappa shape index (κ2) is 6.41. The van der Waals surface area contributed by atoms with Crippen LogP contribution in [0, 0.1) is 17.5 Å². The third-order valence-electron chi connectivity index (χ3n) is 3.40. The average molecular weight is 324 g/mol. The molecule has 0 saturated heterocycles. The van der Waals surface area contributed by atoms with E-state index in [0.717, 1.165) is 18.5 Å². The van der Waals surface area contributed by atoms with E-state index >= 15 is 0 Å². The van der Waals surface area contributed by atoms with E-state index in [2.05, 4.69) is 20.6 Å². The first-order valence-electron chi connectivity index (χ1n) is 7.22. The summed E-state index contributed by atoms with van der Waals surface area (Å²) in [7, 11) is 0. The van der Waals surface area contributed by atoms with Gasteiger partial charge in [-0.25, -0.2) is 18.2 Å². The summed E-state index contributed by atoms with van der Waals surface area (Å²) in [5, 5.41) is 14.2. The van der Waals surface area contributed by atoms with Crippen LogP contribution in [-0.4, -0.2) is 28.2 Å². The molecule has 0 radical (unpaired) electrons. The van der Waals surface area contributed by atoms with E-state index < -0.39 is 23.1 Å². The number of anilines is 3. The molecule has 0 spiro atoms. The monoisotopic (exact) mass is 324 g/mol. The molecule has 3 rings (SSSR count). The number of aromatic nitrogens is 2. The number of nitrogens with one attached hydrogen (secondary N) is 2. The van der Waals surface area contributed by atoms with Gasteiger partial charge in [0.1, 0.15) is 17.3 Å². The number of benzene rings is 1. The molecule has 0 bridgehead atoms. The molecule has 1 aromatic heterocycles. The summed E-state index contributed by atoms with van der Waals surface area (Å²) in [6, 6.07) is 2.81. The van der Waals surface area contributed by atoms with Crippen LogP contribution in [0.2, 0.25) is 0 Å². The summed E-state index contributed by atoms with van der Waals surface area (Å²) in [4.78, 5) is 8.42. The van der Waals surface area contributed by atoms with Crippen molar-refractivity contribution in [2.45, 2.75) is 18.8 Å². The van der Waals surface area contributed by atoms with Crippen molar-refractivity contribution in [2.75, 3.05) is 23.8 Å². The Morgan fingerprint density at radius 3 is 2.39 bits per heavy atom. The smallest absolute Gasteiger partial charge is 0.224 e. The van der Waals surface area contributed by atoms with E-state index in [-0.39, 0.29) is 24.9 Å². The van der Waals surface area contributed by atoms with E-state index in [1.165, 1.54) is 0 Å². The molecule has 1 saturated carbocycles. The minimum atomic E-state index is -1.04. The van der Waals surface area contributed by atoms with E-state index in [1.807, 2.05) is 0 Å². The summed E-state index contributed by atoms with van der Waals surface area (Å²) in [6.45, 7) is 0.161. The number of hydrogen-bond donors (Lipinski definition) is 3. The highest BCUT2D eigenvalue weighted by Crippen LogP contribution is 2.40. The third-order valence-corrected chi connectivity index (χ3v) is 3.40. The number of hydrogen-bond acceptors (Lipinski definition) is 5. The molecule has 1 aliphatic carbocycles. The van der Waals surface area contributed by atoms with Gasteiger partial charge in [-0.1, -0.05) is 0 Å². The Morgan fingerprint density at radius 2 is 1.78 bits per heavy atom. The van der Waals surface area contributed by atoms with Gasteiger partial charge in [-0.2, -0.15) is 4.98 Å². The van der Waals surface area contributed by atoms with Crippen molar-refractivity contribution in [3.63, 3.8) is 0 Å². The van der Waals surface area contributed by atoms with Crippen LogP contribution in [0.5, 0.6) is 0 Å². The van der Waals surface area contributed by atoms with Crippen molar-refractivity contribution in [1.82, 2.24) is 9.97 Å². The quantitative estimate of drug-likeness (QED) is 0.762. The Hall–Kier alpha value is -2.35. The highest BCUT2D eigenvalue weighted by atomic mass is 19.1. The minimum absolute atomic E-state index is 0.0962. The van der Waals surface area contributed by atoms with Gasteiger partial charge in [0, 0.05) is 30.7 Å². The predicted octanol–water partition coefficient (Wildman–Crippen LogP) is 2.92. The lowest BCUT2D eigenvalue weighted by Crippen LogP contribution is -2.11. The first kappa shape index (κ1) is 15.5. The van der Waals surface area contributed by atoms with Gasteiger partial charge in [-0.05, 0) is 12.8 Å². The van der Waals surface area contributed by atoms with Gasteiger partial charge in [0.2, 0.25) is 5.95 Å². The molecule has 2 aromatic rings. The van der Waals surface area contributed by atoms with E-state index in [9.17, 15) is 13.2 Å². The standard InChI is InChI=1S/C15H15F3N4O/c16-9-5-10(17)14(11(18)6-9)21-13-7-12(8-1-2-8)20-15(22-13)19-3-4-23/h5-8,23H,1-4H2,(H2,19,20,21,22). The van der Waals surface area contributed by atoms with Gasteiger partial charge in [0.05, 0.1) is 12.3 Å². The zero-order valence-electron chi connectivity index (χ0n) is 12.1. The zero-order valence-corrected chi connectivity index (χ0v) is 12.1. The maximum atomic E-state index is 13.7. The minimum Gasteiger partial charge on any atom is -0.395 e. The highest BCUT2D eigenvalue weighted by Gasteiger charge is 2.26. The van der Waals surface area contributed by atoms with Crippen LogP contribution in [0.25, 0.3) is 0 Å². The molecule has 1 fully saturated rings. The van der Waals surface area contributed by atoms with Gasteiger partial charge in [0.25, 0.3) is 0 Å². The molecule has 122 valence electrons. The molecule has 1 aliphatic rings. The summed E-state index contributed by atoms with van der Waals surface area (Å²) in [5.74, 6) is -2.31. The maximum absolute atomic E-state index is 13.7. The lowest BCUT2D eigenvalue weighted by molar-refractivity contribution is 0.311. The second-order valence-electron chi connectivity index (χ2n) is 5.30. The van der Waals surface area contributed by atoms with Crippen molar-refractivity contribution in [3.05, 3.63) is 41.3 Å². The average Bonchev–Trinajstić information content (AvgIpc) is 3.33. The molecule has 5 nitrogen and oxygen atoms in total. The van der Waals surface area contributed by atoms with Crippen LogP contribution in [0.3, 0.4) is 0 Å². The predicted molar refractivity (Wildman–Crippen MR) is 79.2 cm³/mol. The Bertz CT molecular complexity index is 699. The topological polar surface area (TPSA) is 70.1 Å². The number of nitrogens with zero attached hydrogens (tertiary/aromatic N) is 2. The lowest BCUT2D eigenvalue weighted by Gasteiger charge is -2.12. The first-order chi connectivity index (χ1) is 11.1. The molecule has 23 heavy (non-hydrogen) atoms. The fraction of sp³-hybridized carbons (Fsp3) is 0.333. The number of rotatable bonds is 6. The van der Waals surface area contributed by atoms with Gasteiger partial charge >= 0.3 is 0 Å². The third kappa shape index (κ3) is 3.70. The molecular formula is C15H15F3N4O. The van der Waals surface area contributed by atoms with E-state index in [4.69, 9.17) is 5.11 Å². The van der Waals surface area contributed by atoms with Crippen molar-refractivity contribution in [3.8, 4) is 0 Å². The molecule has 0 amide bonds. The number of halogens is 3. The summed E-state index contributed by atoms with van der Waals surface area (Å²) >= 11 is 0. The highest BCUT2D eigenvalue weighted by molar-refractivity contribution is 5.59. The molecule has 1 aromatic carbocycles. The Morgan fingerprint density at radius 1 is 1.09 bits per heavy atom. The number of aliphatic hydroxyl groups is 1. The molecule has 0 atom stereocenters. The van der Waals surface area contributed by atoms with Crippen molar-refractivity contribution in [1.29, 1.82) is 0 Å². The molecular weight excluding hydrogens is 309 g/mol. The summed E-state index contributed by atoms with van der Waals surface area (Å²) in [5.41, 5.74) is 0.283. The van der Waals surface area contributed by atoms with Gasteiger partial charge in [0.15, 0.2) is 11.6 Å². The van der Waals surface area contributed by atoms with E-state index in [1.54, 1.807) is 6.07 Å². The van der Waals surface area contributed by atoms with Gasteiger partial charge in [-0.15, -0.1) is 0 Å². The van der Waals surface area contributed by atoms with Crippen molar-refractivity contribution < 1.29 is 18.3 Å². The molecule has 8 heteroatoms. The first-order valence-corrected chi connectivity index (χ1v) is 7.22. The normalized spacial score (nSPS) is 13.9. The lowest BCUT2D eigenvalue weighted by atomic mass is 10.2. The van der Waals surface area contributed by atoms with Crippen LogP contribution in [0.4, 0.5) is 30.6 Å². The summed E-state index contributed by atoms with van der Waals surface area (Å²) in [6.07, 6.45) is 1.99. The van der Waals surface area contributed by atoms with Crippen molar-refractivity contribution >= 4 is 17.5 Å². The van der Waals surface area contributed by atoms with Crippen LogP contribution >= 0.6 is 0 Å². The largest absolute Gasteiger partial charge is 0.395 e. The number of aliphatic hydroxyl groups excluding tert-OH is 1. The van der Waals surface area contributed by atoms with Crippen LogP contribution in [0.15, 0.2) is 18.2 Å². The summed E-state index contributed by atoms with van der Waals surface area (Å²) < 4.78 is 40.4. The Labute approximate surface area is 130 Å². The van der Waals surface area contributed by atoms with Gasteiger partial charge < -0.3 is 15.7 Å². The molecule has 3 N–H and O–H groups in total. The fourth-order valence-corrected chi connectivity index (χ4v) is 2.15. The maximum Gasteiger partial charge on any atom is 0.224 e. The van der Waals surface area contributed by atoms with Crippen LogP contribution < -0.4 is 10.6 Å². The fourth-order valence-electron chi connectivity index (χ4n) is 2.15. The molecule has 1 heterocycles. The molecule has 0 aliphatic heterocycles. The zero-order chi connectivity index (χ0) is 16.4.